The van der Waals surface area contributed by atoms with Gasteiger partial charge in [0.25, 0.3) is 0 Å². The summed E-state index contributed by atoms with van der Waals surface area (Å²) in [6, 6.07) is 0. The first-order valence-electron chi connectivity index (χ1n) is 7.61. The van der Waals surface area contributed by atoms with Crippen LogP contribution < -0.4 is 0 Å². The van der Waals surface area contributed by atoms with E-state index in [9.17, 15) is 0 Å². The fraction of sp³-hybridized carbons (Fsp3) is 0.867. The molecule has 3 saturated heterocycles. The average Bonchev–Trinajstić information content (AvgIpc) is 3.16. The Morgan fingerprint density at radius 1 is 0.611 bits per heavy atom. The highest BCUT2D eigenvalue weighted by atomic mass is 15.6. The first kappa shape index (κ1) is 12.5. The first-order chi connectivity index (χ1) is 8.88. The van der Waals surface area contributed by atoms with E-state index < -0.39 is 0 Å². The van der Waals surface area contributed by atoms with Crippen LogP contribution in [-0.4, -0.2) is 59.8 Å². The smallest absolute Gasteiger partial charge is 0.196 e. The molecule has 0 aliphatic carbocycles. The van der Waals surface area contributed by atoms with Crippen molar-refractivity contribution in [1.82, 2.24) is 14.7 Å². The van der Waals surface area contributed by atoms with Gasteiger partial charge in [-0.25, -0.2) is 0 Å². The normalized spacial score (nSPS) is 27.9. The Kier molecular flexibility index (Phi) is 3.61. The number of nitrogens with zero attached hydrogens (tertiary/aromatic N) is 3. The molecule has 100 valence electrons. The van der Waals surface area contributed by atoms with Crippen molar-refractivity contribution >= 4 is 0 Å². The Balaban J connectivity index is 1.90. The van der Waals surface area contributed by atoms with Crippen LogP contribution in [0.5, 0.6) is 0 Å². The highest BCUT2D eigenvalue weighted by molar-refractivity contribution is 5.14. The highest BCUT2D eigenvalue weighted by Gasteiger charge is 2.48. The average molecular weight is 247 g/mol. The fourth-order valence-corrected chi connectivity index (χ4v) is 3.96. The third kappa shape index (κ3) is 1.87. The molecule has 0 aromatic carbocycles. The molecule has 0 aromatic heterocycles. The molecule has 3 nitrogen and oxygen atoms in total. The van der Waals surface area contributed by atoms with Crippen LogP contribution in [0.4, 0.5) is 0 Å². The van der Waals surface area contributed by atoms with E-state index in [0.717, 1.165) is 0 Å². The molecule has 0 N–H and O–H groups in total. The SMILES string of the molecule is C#CC(N1CCCC1)(N1CCCC1)N1CCCC1. The van der Waals surface area contributed by atoms with Gasteiger partial charge in [0, 0.05) is 39.3 Å². The zero-order chi connectivity index (χ0) is 12.4. The topological polar surface area (TPSA) is 9.72 Å². The van der Waals surface area contributed by atoms with Gasteiger partial charge in [-0.2, -0.15) is 0 Å². The summed E-state index contributed by atoms with van der Waals surface area (Å²) in [5.74, 6) is 3.03. The van der Waals surface area contributed by atoms with Gasteiger partial charge in [-0.05, 0) is 38.5 Å². The highest BCUT2D eigenvalue weighted by Crippen LogP contribution is 2.33. The van der Waals surface area contributed by atoms with Crippen LogP contribution in [0, 0.1) is 12.3 Å². The van der Waals surface area contributed by atoms with Crippen LogP contribution in [0.25, 0.3) is 0 Å². The van der Waals surface area contributed by atoms with Gasteiger partial charge in [-0.15, -0.1) is 6.42 Å². The lowest BCUT2D eigenvalue weighted by atomic mass is 10.2. The standard InChI is InChI=1S/C15H25N3/c1-2-15(16-9-3-4-10-16,17-11-5-6-12-17)18-13-7-8-14-18/h1H,3-14H2. The number of likely N-dealkylation sites (tertiary alicyclic amines) is 3. The van der Waals surface area contributed by atoms with E-state index >= 15 is 0 Å². The minimum atomic E-state index is -0.191. The van der Waals surface area contributed by atoms with E-state index in [0.29, 0.717) is 0 Å². The molecule has 3 heterocycles. The molecule has 3 fully saturated rings. The van der Waals surface area contributed by atoms with Crippen LogP contribution >= 0.6 is 0 Å². The Hall–Kier alpha value is -0.560. The van der Waals surface area contributed by atoms with Gasteiger partial charge in [0.2, 0.25) is 0 Å². The zero-order valence-corrected chi connectivity index (χ0v) is 11.4. The van der Waals surface area contributed by atoms with Crippen LogP contribution in [0.2, 0.25) is 0 Å². The summed E-state index contributed by atoms with van der Waals surface area (Å²) in [7, 11) is 0. The molecule has 0 spiro atoms. The van der Waals surface area contributed by atoms with Crippen molar-refractivity contribution in [2.45, 2.75) is 44.3 Å². The van der Waals surface area contributed by atoms with E-state index in [4.69, 9.17) is 6.42 Å². The first-order valence-corrected chi connectivity index (χ1v) is 7.61. The fourth-order valence-electron chi connectivity index (χ4n) is 3.96. The third-order valence-corrected chi connectivity index (χ3v) is 4.83. The molecule has 0 unspecified atom stereocenters. The molecule has 3 rings (SSSR count). The van der Waals surface area contributed by atoms with Gasteiger partial charge >= 0.3 is 0 Å². The lowest BCUT2D eigenvalue weighted by Crippen LogP contribution is -2.67. The number of hydrogen-bond donors (Lipinski definition) is 0. The summed E-state index contributed by atoms with van der Waals surface area (Å²) in [6.45, 7) is 7.07. The molecular formula is C15H25N3. The van der Waals surface area contributed by atoms with Crippen molar-refractivity contribution in [3.05, 3.63) is 0 Å². The Morgan fingerprint density at radius 3 is 1.11 bits per heavy atom. The lowest BCUT2D eigenvalue weighted by Gasteiger charge is -2.49. The Bertz CT molecular complexity index is 274. The van der Waals surface area contributed by atoms with Crippen LogP contribution in [-0.2, 0) is 0 Å². The predicted molar refractivity (Wildman–Crippen MR) is 74.0 cm³/mol. The molecule has 0 saturated carbocycles. The maximum Gasteiger partial charge on any atom is 0.196 e. The molecule has 3 aliphatic rings. The van der Waals surface area contributed by atoms with Gasteiger partial charge in [0.15, 0.2) is 5.79 Å². The maximum atomic E-state index is 6.07. The van der Waals surface area contributed by atoms with E-state index in [1.165, 1.54) is 77.8 Å². The quantitative estimate of drug-likeness (QED) is 0.701. The molecule has 0 radical (unpaired) electrons. The molecular weight excluding hydrogens is 222 g/mol. The van der Waals surface area contributed by atoms with Gasteiger partial charge < -0.3 is 0 Å². The van der Waals surface area contributed by atoms with Crippen molar-refractivity contribution in [3.63, 3.8) is 0 Å². The van der Waals surface area contributed by atoms with Crippen LogP contribution in [0.3, 0.4) is 0 Å². The van der Waals surface area contributed by atoms with E-state index in [1.54, 1.807) is 0 Å². The van der Waals surface area contributed by atoms with Crippen molar-refractivity contribution in [1.29, 1.82) is 0 Å². The predicted octanol–water partition coefficient (Wildman–Crippen LogP) is 1.56. The minimum Gasteiger partial charge on any atom is -0.262 e. The molecule has 0 aromatic rings. The summed E-state index contributed by atoms with van der Waals surface area (Å²) in [5.41, 5.74) is 0. The second-order valence-electron chi connectivity index (χ2n) is 5.86. The Morgan fingerprint density at radius 2 is 0.889 bits per heavy atom. The molecule has 0 bridgehead atoms. The monoisotopic (exact) mass is 247 g/mol. The van der Waals surface area contributed by atoms with Gasteiger partial charge in [0.05, 0.1) is 0 Å². The van der Waals surface area contributed by atoms with Crippen molar-refractivity contribution in [3.8, 4) is 12.3 Å². The van der Waals surface area contributed by atoms with Gasteiger partial charge in [0.1, 0.15) is 0 Å². The summed E-state index contributed by atoms with van der Waals surface area (Å²) < 4.78 is 0. The van der Waals surface area contributed by atoms with E-state index in [2.05, 4.69) is 20.6 Å². The summed E-state index contributed by atoms with van der Waals surface area (Å²) in [6.07, 6.45) is 13.9. The molecule has 0 atom stereocenters. The summed E-state index contributed by atoms with van der Waals surface area (Å²) in [4.78, 5) is 7.72. The van der Waals surface area contributed by atoms with Crippen molar-refractivity contribution in [2.24, 2.45) is 0 Å². The molecule has 3 aliphatic heterocycles. The van der Waals surface area contributed by atoms with E-state index in [1.807, 2.05) is 0 Å². The maximum absolute atomic E-state index is 6.07. The number of rotatable bonds is 3. The van der Waals surface area contributed by atoms with Gasteiger partial charge in [-0.3, -0.25) is 14.7 Å². The van der Waals surface area contributed by atoms with Crippen molar-refractivity contribution in [2.75, 3.05) is 39.3 Å². The van der Waals surface area contributed by atoms with E-state index in [-0.39, 0.29) is 5.79 Å². The van der Waals surface area contributed by atoms with Crippen molar-refractivity contribution < 1.29 is 0 Å². The minimum absolute atomic E-state index is 0.191. The zero-order valence-electron chi connectivity index (χ0n) is 11.4. The van der Waals surface area contributed by atoms with Crippen LogP contribution in [0.15, 0.2) is 0 Å². The largest absolute Gasteiger partial charge is 0.262 e. The third-order valence-electron chi connectivity index (χ3n) is 4.83. The number of terminal acetylenes is 1. The Labute approximate surface area is 111 Å². The second kappa shape index (κ2) is 5.21. The number of hydrogen-bond acceptors (Lipinski definition) is 3. The summed E-state index contributed by atoms with van der Waals surface area (Å²) >= 11 is 0. The second-order valence-corrected chi connectivity index (χ2v) is 5.86. The van der Waals surface area contributed by atoms with Gasteiger partial charge in [-0.1, -0.05) is 5.92 Å². The lowest BCUT2D eigenvalue weighted by molar-refractivity contribution is -0.100. The van der Waals surface area contributed by atoms with Crippen LogP contribution in [0.1, 0.15) is 38.5 Å². The summed E-state index contributed by atoms with van der Waals surface area (Å²) in [5, 5.41) is 0. The molecule has 18 heavy (non-hydrogen) atoms. The molecule has 0 amide bonds. The molecule has 3 heteroatoms.